The van der Waals surface area contributed by atoms with E-state index in [2.05, 4.69) is 0 Å². The van der Waals surface area contributed by atoms with Crippen LogP contribution >= 0.6 is 0 Å². The summed E-state index contributed by atoms with van der Waals surface area (Å²) in [5.41, 5.74) is 1.74. The summed E-state index contributed by atoms with van der Waals surface area (Å²) in [5.74, 6) is -1.61. The number of phenols is 1. The molecule has 1 N–H and O–H groups in total. The first-order chi connectivity index (χ1) is 8.86. The Hall–Kier alpha value is -2.23. The molecule has 0 amide bonds. The fourth-order valence-corrected chi connectivity index (χ4v) is 1.65. The third-order valence-corrected chi connectivity index (χ3v) is 2.67. The van der Waals surface area contributed by atoms with E-state index in [4.69, 9.17) is 0 Å². The highest BCUT2D eigenvalue weighted by Gasteiger charge is 2.17. The van der Waals surface area contributed by atoms with Crippen LogP contribution in [0.1, 0.15) is 47.1 Å². The number of Topliss-reactive ketones (excluding diaryl/α,β-unsaturated/α-hetero) is 2. The minimum absolute atomic E-state index is 0.0601. The number of aromatic hydroxyl groups is 1. The van der Waals surface area contributed by atoms with E-state index in [9.17, 15) is 19.5 Å². The maximum Gasteiger partial charge on any atom is 0.229 e. The van der Waals surface area contributed by atoms with Crippen molar-refractivity contribution in [2.24, 2.45) is 0 Å². The van der Waals surface area contributed by atoms with Crippen LogP contribution < -0.4 is 0 Å². The van der Waals surface area contributed by atoms with E-state index >= 15 is 0 Å². The van der Waals surface area contributed by atoms with E-state index in [1.165, 1.54) is 13.0 Å². The highest BCUT2D eigenvalue weighted by molar-refractivity contribution is 6.34. The maximum atomic E-state index is 11.4. The highest BCUT2D eigenvalue weighted by Crippen LogP contribution is 2.26. The molecule has 0 unspecified atom stereocenters. The van der Waals surface area contributed by atoms with E-state index in [-0.39, 0.29) is 23.2 Å². The van der Waals surface area contributed by atoms with Gasteiger partial charge in [0, 0.05) is 0 Å². The minimum Gasteiger partial charge on any atom is -0.506 e. The van der Waals surface area contributed by atoms with Crippen molar-refractivity contribution in [2.75, 3.05) is 0 Å². The number of carbonyl (C=O) groups is 3. The van der Waals surface area contributed by atoms with Crippen LogP contribution in [-0.4, -0.2) is 23.0 Å². The molecule has 0 aliphatic carbocycles. The molecule has 0 saturated carbocycles. The minimum atomic E-state index is -0.834. The van der Waals surface area contributed by atoms with E-state index < -0.39 is 11.5 Å². The largest absolute Gasteiger partial charge is 0.506 e. The quantitative estimate of drug-likeness (QED) is 0.382. The summed E-state index contributed by atoms with van der Waals surface area (Å²) in [4.78, 5) is 33.4. The Morgan fingerprint density at radius 2 is 1.74 bits per heavy atom. The van der Waals surface area contributed by atoms with Crippen molar-refractivity contribution in [3.63, 3.8) is 0 Å². The summed E-state index contributed by atoms with van der Waals surface area (Å²) >= 11 is 0. The number of hydrogen-bond acceptors (Lipinski definition) is 4. The average molecular weight is 260 g/mol. The van der Waals surface area contributed by atoms with Crippen LogP contribution in [-0.2, 0) is 11.2 Å². The van der Waals surface area contributed by atoms with Crippen molar-refractivity contribution < 1.29 is 19.5 Å². The lowest BCUT2D eigenvalue weighted by Gasteiger charge is -2.08. The molecule has 0 heterocycles. The van der Waals surface area contributed by atoms with Gasteiger partial charge in [0.15, 0.2) is 12.1 Å². The van der Waals surface area contributed by atoms with Crippen LogP contribution in [0.3, 0.4) is 0 Å². The molecule has 0 fully saturated rings. The number of ketones is 2. The van der Waals surface area contributed by atoms with Crippen LogP contribution in [0, 0.1) is 0 Å². The normalized spacial score (nSPS) is 9.84. The molecule has 0 aromatic heterocycles. The summed E-state index contributed by atoms with van der Waals surface area (Å²) in [6.07, 6.45) is 2.59. The van der Waals surface area contributed by atoms with E-state index in [0.29, 0.717) is 12.0 Å². The van der Waals surface area contributed by atoms with Gasteiger partial charge in [-0.2, -0.15) is 0 Å². The molecule has 0 atom stereocenters. The number of benzene rings is 1. The van der Waals surface area contributed by atoms with Crippen LogP contribution in [0.4, 0.5) is 0 Å². The third-order valence-electron chi connectivity index (χ3n) is 2.67. The summed E-state index contributed by atoms with van der Waals surface area (Å²) in [6.45, 7) is 5.17. The SMILES string of the molecule is CC(=O)c1cc(CC=C(C)C)cc(C(=O)C=O)c1O. The Bertz CT molecular complexity index is 564. The second-order valence-corrected chi connectivity index (χ2v) is 4.56. The van der Waals surface area contributed by atoms with Gasteiger partial charge in [-0.25, -0.2) is 0 Å². The molecule has 0 saturated heterocycles. The molecule has 1 aromatic rings. The van der Waals surface area contributed by atoms with Crippen molar-refractivity contribution in [3.8, 4) is 5.75 Å². The molecule has 0 aliphatic heterocycles. The number of allylic oxidation sites excluding steroid dienone is 2. The summed E-state index contributed by atoms with van der Waals surface area (Å²) in [7, 11) is 0. The zero-order valence-electron chi connectivity index (χ0n) is 11.2. The van der Waals surface area contributed by atoms with Crippen molar-refractivity contribution in [1.29, 1.82) is 0 Å². The van der Waals surface area contributed by atoms with E-state index in [1.807, 2.05) is 19.9 Å². The standard InChI is InChI=1S/C15H16O4/c1-9(2)4-5-11-6-12(10(3)17)15(19)13(7-11)14(18)8-16/h4,6-8,19H,5H2,1-3H3. The molecule has 1 aromatic carbocycles. The van der Waals surface area contributed by atoms with Gasteiger partial charge in [0.05, 0.1) is 11.1 Å². The fourth-order valence-electron chi connectivity index (χ4n) is 1.65. The molecule has 19 heavy (non-hydrogen) atoms. The topological polar surface area (TPSA) is 71.4 Å². The lowest BCUT2D eigenvalue weighted by atomic mass is 9.97. The van der Waals surface area contributed by atoms with Gasteiger partial charge in [0.2, 0.25) is 5.78 Å². The molecule has 0 radical (unpaired) electrons. The van der Waals surface area contributed by atoms with Gasteiger partial charge in [0.1, 0.15) is 5.75 Å². The molecule has 4 heteroatoms. The third kappa shape index (κ3) is 3.61. The van der Waals surface area contributed by atoms with Gasteiger partial charge >= 0.3 is 0 Å². The Morgan fingerprint density at radius 1 is 1.16 bits per heavy atom. The maximum absolute atomic E-state index is 11.4. The predicted octanol–water partition coefficient (Wildman–Crippen LogP) is 2.49. The highest BCUT2D eigenvalue weighted by atomic mass is 16.3. The number of aldehydes is 1. The van der Waals surface area contributed by atoms with Gasteiger partial charge in [-0.1, -0.05) is 11.6 Å². The number of hydrogen-bond donors (Lipinski definition) is 1. The Balaban J connectivity index is 3.39. The van der Waals surface area contributed by atoms with Gasteiger partial charge < -0.3 is 5.11 Å². The first-order valence-corrected chi connectivity index (χ1v) is 5.86. The smallest absolute Gasteiger partial charge is 0.229 e. The lowest BCUT2D eigenvalue weighted by molar-refractivity contribution is -0.104. The Labute approximate surface area is 111 Å². The first-order valence-electron chi connectivity index (χ1n) is 5.86. The van der Waals surface area contributed by atoms with Gasteiger partial charge in [-0.15, -0.1) is 0 Å². The molecular formula is C15H16O4. The lowest BCUT2D eigenvalue weighted by Crippen LogP contribution is -2.05. The zero-order chi connectivity index (χ0) is 14.6. The van der Waals surface area contributed by atoms with Gasteiger partial charge in [-0.05, 0) is 44.9 Å². The molecule has 4 nitrogen and oxygen atoms in total. The van der Waals surface area contributed by atoms with Crippen LogP contribution in [0.15, 0.2) is 23.8 Å². The van der Waals surface area contributed by atoms with E-state index in [1.54, 1.807) is 6.07 Å². The van der Waals surface area contributed by atoms with Crippen molar-refractivity contribution in [1.82, 2.24) is 0 Å². The fraction of sp³-hybridized carbons (Fsp3) is 0.267. The molecular weight excluding hydrogens is 244 g/mol. The monoisotopic (exact) mass is 260 g/mol. The zero-order valence-corrected chi connectivity index (χ0v) is 11.2. The van der Waals surface area contributed by atoms with Crippen molar-refractivity contribution in [3.05, 3.63) is 40.5 Å². The summed E-state index contributed by atoms with van der Waals surface area (Å²) in [6, 6.07) is 2.98. The Morgan fingerprint density at radius 3 is 2.21 bits per heavy atom. The summed E-state index contributed by atoms with van der Waals surface area (Å²) < 4.78 is 0. The molecule has 0 aliphatic rings. The van der Waals surface area contributed by atoms with Gasteiger partial charge in [0.25, 0.3) is 0 Å². The molecule has 1 rings (SSSR count). The van der Waals surface area contributed by atoms with E-state index in [0.717, 1.165) is 5.57 Å². The first kappa shape index (κ1) is 14.8. The van der Waals surface area contributed by atoms with Crippen molar-refractivity contribution >= 4 is 17.9 Å². The van der Waals surface area contributed by atoms with Crippen LogP contribution in [0.5, 0.6) is 5.75 Å². The summed E-state index contributed by atoms with van der Waals surface area (Å²) in [5, 5.41) is 9.85. The molecule has 0 bridgehead atoms. The molecule has 100 valence electrons. The average Bonchev–Trinajstić information content (AvgIpc) is 2.36. The number of carbonyl (C=O) groups excluding carboxylic acids is 3. The van der Waals surface area contributed by atoms with Crippen LogP contribution in [0.2, 0.25) is 0 Å². The molecule has 0 spiro atoms. The Kier molecular flexibility index (Phi) is 4.75. The predicted molar refractivity (Wildman–Crippen MR) is 71.6 cm³/mol. The second-order valence-electron chi connectivity index (χ2n) is 4.56. The number of phenolic OH excluding ortho intramolecular Hbond substituents is 1. The van der Waals surface area contributed by atoms with Crippen LogP contribution in [0.25, 0.3) is 0 Å². The second kappa shape index (κ2) is 6.09. The van der Waals surface area contributed by atoms with Gasteiger partial charge in [-0.3, -0.25) is 14.4 Å². The number of rotatable bonds is 5. The van der Waals surface area contributed by atoms with Crippen molar-refractivity contribution in [2.45, 2.75) is 27.2 Å².